The number of piperazine rings is 1. The number of pyridine rings is 1. The zero-order chi connectivity index (χ0) is 26.2. The molecule has 2 aromatic heterocycles. The van der Waals surface area contributed by atoms with Gasteiger partial charge in [0.25, 0.3) is 5.69 Å². The number of rotatable bonds is 6. The van der Waals surface area contributed by atoms with Crippen molar-refractivity contribution in [2.24, 2.45) is 5.92 Å². The SMILES string of the molecule is Cc1ccc(-c2nc3ccc(-c4cccc([N+](=O)[O-])c4)cn3c2CN2CCN(C(=O)C3CCC3)CC2)cc1. The summed E-state index contributed by atoms with van der Waals surface area (Å²) < 4.78 is 2.12. The van der Waals surface area contributed by atoms with Gasteiger partial charge in [-0.05, 0) is 43.0 Å². The van der Waals surface area contributed by atoms with Gasteiger partial charge in [-0.3, -0.25) is 19.8 Å². The molecule has 194 valence electrons. The number of imidazole rings is 1. The van der Waals surface area contributed by atoms with Gasteiger partial charge in [-0.25, -0.2) is 4.98 Å². The Bertz CT molecular complexity index is 1500. The normalized spacial score (nSPS) is 16.5. The van der Waals surface area contributed by atoms with Gasteiger partial charge in [0.05, 0.1) is 16.3 Å². The van der Waals surface area contributed by atoms with E-state index in [1.165, 1.54) is 18.1 Å². The van der Waals surface area contributed by atoms with E-state index in [1.807, 2.05) is 29.3 Å². The number of hydrogen-bond acceptors (Lipinski definition) is 5. The average Bonchev–Trinajstić information content (AvgIpc) is 3.26. The largest absolute Gasteiger partial charge is 0.340 e. The van der Waals surface area contributed by atoms with Crippen LogP contribution in [-0.2, 0) is 11.3 Å². The number of hydrogen-bond donors (Lipinski definition) is 0. The minimum Gasteiger partial charge on any atom is -0.340 e. The van der Waals surface area contributed by atoms with Crippen LogP contribution in [0.4, 0.5) is 5.69 Å². The standard InChI is InChI=1S/C30H31N5O3/c1-21-8-10-22(11-9-21)29-27(20-32-14-16-33(17-15-32)30(36)23-4-2-5-23)34-19-25(12-13-28(34)31-29)24-6-3-7-26(18-24)35(37)38/h3,6-13,18-19,23H,2,4-5,14-17,20H2,1H3. The fourth-order valence-electron chi connectivity index (χ4n) is 5.41. The zero-order valence-electron chi connectivity index (χ0n) is 21.5. The van der Waals surface area contributed by atoms with E-state index in [0.717, 1.165) is 72.7 Å². The number of nitro benzene ring substituents is 1. The molecule has 1 aliphatic heterocycles. The third-order valence-corrected chi connectivity index (χ3v) is 7.94. The molecule has 0 radical (unpaired) electrons. The molecule has 8 nitrogen and oxygen atoms in total. The van der Waals surface area contributed by atoms with Crippen LogP contribution in [-0.4, -0.2) is 56.2 Å². The first-order valence-corrected chi connectivity index (χ1v) is 13.3. The van der Waals surface area contributed by atoms with Crippen molar-refractivity contribution in [3.63, 3.8) is 0 Å². The van der Waals surface area contributed by atoms with Crippen LogP contribution >= 0.6 is 0 Å². The van der Waals surface area contributed by atoms with E-state index >= 15 is 0 Å². The molecule has 0 spiro atoms. The predicted molar refractivity (Wildman–Crippen MR) is 147 cm³/mol. The number of non-ortho nitro benzene ring substituents is 1. The molecule has 2 aromatic carbocycles. The molecule has 0 atom stereocenters. The van der Waals surface area contributed by atoms with Crippen LogP contribution in [0.3, 0.4) is 0 Å². The molecule has 1 saturated heterocycles. The number of carbonyl (C=O) groups excluding carboxylic acids is 1. The molecule has 1 saturated carbocycles. The van der Waals surface area contributed by atoms with Crippen LogP contribution in [0.25, 0.3) is 28.0 Å². The van der Waals surface area contributed by atoms with Gasteiger partial charge in [-0.1, -0.05) is 48.4 Å². The molecule has 2 aliphatic rings. The quantitative estimate of drug-likeness (QED) is 0.259. The lowest BCUT2D eigenvalue weighted by Gasteiger charge is -2.38. The number of amides is 1. The molecule has 2 fully saturated rings. The van der Waals surface area contributed by atoms with Crippen molar-refractivity contribution < 1.29 is 9.72 Å². The molecule has 4 aromatic rings. The van der Waals surface area contributed by atoms with Crippen molar-refractivity contribution in [3.8, 4) is 22.4 Å². The highest BCUT2D eigenvalue weighted by Crippen LogP contribution is 2.31. The van der Waals surface area contributed by atoms with Crippen LogP contribution in [0.1, 0.15) is 30.5 Å². The second-order valence-corrected chi connectivity index (χ2v) is 10.5. The molecule has 0 N–H and O–H groups in total. The lowest BCUT2D eigenvalue weighted by atomic mass is 9.84. The Kier molecular flexibility index (Phi) is 6.41. The first-order valence-electron chi connectivity index (χ1n) is 13.3. The van der Waals surface area contributed by atoms with E-state index in [2.05, 4.69) is 40.5 Å². The molecule has 3 heterocycles. The van der Waals surface area contributed by atoms with Gasteiger partial charge >= 0.3 is 0 Å². The number of aromatic nitrogens is 2. The highest BCUT2D eigenvalue weighted by molar-refractivity contribution is 5.79. The Hall–Kier alpha value is -4.04. The second kappa shape index (κ2) is 10.0. The summed E-state index contributed by atoms with van der Waals surface area (Å²) in [6, 6.07) is 19.1. The Morgan fingerprint density at radius 3 is 2.39 bits per heavy atom. The van der Waals surface area contributed by atoms with Gasteiger partial charge in [-0.15, -0.1) is 0 Å². The maximum absolute atomic E-state index is 12.7. The van der Waals surface area contributed by atoms with Crippen molar-refractivity contribution in [2.75, 3.05) is 26.2 Å². The molecule has 0 unspecified atom stereocenters. The summed E-state index contributed by atoms with van der Waals surface area (Å²) in [6.07, 6.45) is 5.27. The topological polar surface area (TPSA) is 84.0 Å². The Balaban J connectivity index is 1.33. The third-order valence-electron chi connectivity index (χ3n) is 7.94. The van der Waals surface area contributed by atoms with Crippen molar-refractivity contribution in [1.82, 2.24) is 19.2 Å². The summed E-state index contributed by atoms with van der Waals surface area (Å²) in [6.45, 7) is 5.93. The fourth-order valence-corrected chi connectivity index (χ4v) is 5.41. The van der Waals surface area contributed by atoms with Crippen LogP contribution in [0.2, 0.25) is 0 Å². The third kappa shape index (κ3) is 4.67. The minimum absolute atomic E-state index is 0.0723. The fraction of sp³-hybridized carbons (Fsp3) is 0.333. The minimum atomic E-state index is -0.366. The van der Waals surface area contributed by atoms with Gasteiger partial charge in [0.1, 0.15) is 5.65 Å². The van der Waals surface area contributed by atoms with E-state index in [0.29, 0.717) is 12.5 Å². The van der Waals surface area contributed by atoms with E-state index < -0.39 is 0 Å². The van der Waals surface area contributed by atoms with Gasteiger partial charge < -0.3 is 9.30 Å². The number of nitro groups is 1. The number of benzene rings is 2. The maximum atomic E-state index is 12.7. The highest BCUT2D eigenvalue weighted by Gasteiger charge is 2.31. The van der Waals surface area contributed by atoms with Gasteiger partial charge in [-0.2, -0.15) is 0 Å². The zero-order valence-corrected chi connectivity index (χ0v) is 21.5. The molecular formula is C30H31N5O3. The number of aryl methyl sites for hydroxylation is 1. The summed E-state index contributed by atoms with van der Waals surface area (Å²) in [5.74, 6) is 0.563. The molecule has 0 bridgehead atoms. The molecule has 1 aliphatic carbocycles. The second-order valence-electron chi connectivity index (χ2n) is 10.5. The van der Waals surface area contributed by atoms with Crippen molar-refractivity contribution >= 4 is 17.2 Å². The molecule has 8 heteroatoms. The molecule has 38 heavy (non-hydrogen) atoms. The number of fused-ring (bicyclic) bond motifs is 1. The predicted octanol–water partition coefficient (Wildman–Crippen LogP) is 5.33. The molecule has 6 rings (SSSR count). The van der Waals surface area contributed by atoms with Crippen molar-refractivity contribution in [1.29, 1.82) is 0 Å². The van der Waals surface area contributed by atoms with Crippen LogP contribution in [0.5, 0.6) is 0 Å². The van der Waals surface area contributed by atoms with Crippen molar-refractivity contribution in [2.45, 2.75) is 32.7 Å². The summed E-state index contributed by atoms with van der Waals surface area (Å²) in [4.78, 5) is 33.1. The van der Waals surface area contributed by atoms with Crippen molar-refractivity contribution in [3.05, 3.63) is 88.2 Å². The van der Waals surface area contributed by atoms with Crippen LogP contribution in [0.15, 0.2) is 66.9 Å². The number of carbonyl (C=O) groups is 1. The lowest BCUT2D eigenvalue weighted by Crippen LogP contribution is -2.50. The highest BCUT2D eigenvalue weighted by atomic mass is 16.6. The van der Waals surface area contributed by atoms with Crippen LogP contribution in [0, 0.1) is 23.0 Å². The maximum Gasteiger partial charge on any atom is 0.270 e. The summed E-state index contributed by atoms with van der Waals surface area (Å²) in [5, 5.41) is 11.3. The summed E-state index contributed by atoms with van der Waals surface area (Å²) in [5.41, 5.74) is 6.87. The van der Waals surface area contributed by atoms with E-state index in [4.69, 9.17) is 4.98 Å². The summed E-state index contributed by atoms with van der Waals surface area (Å²) in [7, 11) is 0. The number of nitrogens with zero attached hydrogens (tertiary/aromatic N) is 5. The van der Waals surface area contributed by atoms with Gasteiger partial charge in [0, 0.05) is 62.5 Å². The van der Waals surface area contributed by atoms with Crippen LogP contribution < -0.4 is 0 Å². The molecular weight excluding hydrogens is 478 g/mol. The average molecular weight is 510 g/mol. The molecule has 1 amide bonds. The van der Waals surface area contributed by atoms with E-state index in [1.54, 1.807) is 12.1 Å². The first kappa shape index (κ1) is 24.3. The van der Waals surface area contributed by atoms with Gasteiger partial charge in [0.2, 0.25) is 5.91 Å². The smallest absolute Gasteiger partial charge is 0.270 e. The Morgan fingerprint density at radius 2 is 1.71 bits per heavy atom. The summed E-state index contributed by atoms with van der Waals surface area (Å²) >= 11 is 0. The Morgan fingerprint density at radius 1 is 0.974 bits per heavy atom. The monoisotopic (exact) mass is 509 g/mol. The first-order chi connectivity index (χ1) is 18.5. The lowest BCUT2D eigenvalue weighted by molar-refractivity contribution is -0.384. The van der Waals surface area contributed by atoms with Gasteiger partial charge in [0.15, 0.2) is 0 Å². The van der Waals surface area contributed by atoms with E-state index in [9.17, 15) is 14.9 Å². The Labute approximate surface area is 221 Å². The van der Waals surface area contributed by atoms with E-state index in [-0.39, 0.29) is 16.5 Å².